The van der Waals surface area contributed by atoms with Crippen LogP contribution in [-0.2, 0) is 0 Å². The van der Waals surface area contributed by atoms with Gasteiger partial charge in [-0.15, -0.1) is 0 Å². The first-order valence-electron chi connectivity index (χ1n) is 3.14. The van der Waals surface area contributed by atoms with Crippen molar-refractivity contribution in [3.05, 3.63) is 34.3 Å². The Kier molecular flexibility index (Phi) is 3.02. The fraction of sp³-hybridized carbons (Fsp3) is 0.143. The SMILES string of the molecule is NC(NO)c1ccc(Br)cc1. The first-order chi connectivity index (χ1) is 5.24. The Morgan fingerprint density at radius 2 is 1.91 bits per heavy atom. The Hall–Kier alpha value is -0.420. The molecule has 0 saturated heterocycles. The van der Waals surface area contributed by atoms with E-state index in [0.717, 1.165) is 10.0 Å². The van der Waals surface area contributed by atoms with E-state index < -0.39 is 6.17 Å². The van der Waals surface area contributed by atoms with Crippen LogP contribution in [0.25, 0.3) is 0 Å². The van der Waals surface area contributed by atoms with E-state index >= 15 is 0 Å². The molecule has 11 heavy (non-hydrogen) atoms. The summed E-state index contributed by atoms with van der Waals surface area (Å²) in [6.45, 7) is 0. The van der Waals surface area contributed by atoms with Crippen molar-refractivity contribution in [2.75, 3.05) is 0 Å². The molecule has 0 amide bonds. The average molecular weight is 217 g/mol. The van der Waals surface area contributed by atoms with E-state index in [2.05, 4.69) is 15.9 Å². The molecular formula is C7H9BrN2O. The standard InChI is InChI=1S/C7H9BrN2O/c8-6-3-1-5(2-4-6)7(9)10-11/h1-4,7,10-11H,9H2. The lowest BCUT2D eigenvalue weighted by molar-refractivity contribution is 0.128. The van der Waals surface area contributed by atoms with Crippen molar-refractivity contribution >= 4 is 15.9 Å². The van der Waals surface area contributed by atoms with Crippen LogP contribution in [0.15, 0.2) is 28.7 Å². The maximum absolute atomic E-state index is 8.47. The molecule has 1 rings (SSSR count). The molecule has 0 heterocycles. The molecule has 0 radical (unpaired) electrons. The largest absolute Gasteiger partial charge is 0.315 e. The van der Waals surface area contributed by atoms with Crippen molar-refractivity contribution in [1.29, 1.82) is 0 Å². The van der Waals surface area contributed by atoms with E-state index in [4.69, 9.17) is 10.9 Å². The fourth-order valence-electron chi connectivity index (χ4n) is 0.745. The van der Waals surface area contributed by atoms with Crippen LogP contribution >= 0.6 is 15.9 Å². The molecule has 0 fully saturated rings. The van der Waals surface area contributed by atoms with Gasteiger partial charge in [0, 0.05) is 4.47 Å². The molecular weight excluding hydrogens is 208 g/mol. The van der Waals surface area contributed by atoms with Crippen LogP contribution in [0.4, 0.5) is 0 Å². The molecule has 0 aliphatic rings. The minimum atomic E-state index is -0.511. The van der Waals surface area contributed by atoms with Gasteiger partial charge in [0.25, 0.3) is 0 Å². The highest BCUT2D eigenvalue weighted by atomic mass is 79.9. The van der Waals surface area contributed by atoms with Gasteiger partial charge in [-0.05, 0) is 17.7 Å². The summed E-state index contributed by atoms with van der Waals surface area (Å²) in [5, 5.41) is 8.47. The lowest BCUT2D eigenvalue weighted by Crippen LogP contribution is -2.25. The van der Waals surface area contributed by atoms with Crippen molar-refractivity contribution in [2.24, 2.45) is 5.73 Å². The highest BCUT2D eigenvalue weighted by Crippen LogP contribution is 2.13. The normalized spacial score (nSPS) is 13.0. The molecule has 1 unspecified atom stereocenters. The van der Waals surface area contributed by atoms with Gasteiger partial charge in [0.2, 0.25) is 0 Å². The number of benzene rings is 1. The second-order valence-electron chi connectivity index (χ2n) is 2.16. The third-order valence-electron chi connectivity index (χ3n) is 1.37. The van der Waals surface area contributed by atoms with Crippen molar-refractivity contribution in [1.82, 2.24) is 5.48 Å². The van der Waals surface area contributed by atoms with E-state index in [-0.39, 0.29) is 0 Å². The molecule has 0 aromatic heterocycles. The summed E-state index contributed by atoms with van der Waals surface area (Å²) >= 11 is 3.29. The van der Waals surface area contributed by atoms with E-state index in [1.165, 1.54) is 0 Å². The van der Waals surface area contributed by atoms with Gasteiger partial charge in [-0.2, -0.15) is 5.48 Å². The molecule has 1 aromatic rings. The van der Waals surface area contributed by atoms with Gasteiger partial charge >= 0.3 is 0 Å². The first kappa shape index (κ1) is 8.67. The molecule has 0 spiro atoms. The number of hydrogen-bond acceptors (Lipinski definition) is 3. The van der Waals surface area contributed by atoms with E-state index in [0.29, 0.717) is 0 Å². The zero-order valence-electron chi connectivity index (χ0n) is 5.79. The molecule has 60 valence electrons. The molecule has 0 aliphatic heterocycles. The predicted molar refractivity (Wildman–Crippen MR) is 46.0 cm³/mol. The maximum Gasteiger partial charge on any atom is 0.104 e. The van der Waals surface area contributed by atoms with Gasteiger partial charge in [-0.3, -0.25) is 0 Å². The highest BCUT2D eigenvalue weighted by molar-refractivity contribution is 9.10. The van der Waals surface area contributed by atoms with Crippen LogP contribution in [0.1, 0.15) is 11.7 Å². The zero-order chi connectivity index (χ0) is 8.27. The van der Waals surface area contributed by atoms with Crippen molar-refractivity contribution in [2.45, 2.75) is 6.17 Å². The summed E-state index contributed by atoms with van der Waals surface area (Å²) in [5.74, 6) is 0. The monoisotopic (exact) mass is 216 g/mol. The molecule has 0 aliphatic carbocycles. The lowest BCUT2D eigenvalue weighted by Gasteiger charge is -2.08. The van der Waals surface area contributed by atoms with Gasteiger partial charge in [-0.25, -0.2) is 0 Å². The van der Waals surface area contributed by atoms with Crippen LogP contribution in [0.5, 0.6) is 0 Å². The first-order valence-corrected chi connectivity index (χ1v) is 3.94. The third kappa shape index (κ3) is 2.27. The van der Waals surface area contributed by atoms with Crippen LogP contribution in [-0.4, -0.2) is 5.21 Å². The number of nitrogens with two attached hydrogens (primary N) is 1. The van der Waals surface area contributed by atoms with E-state index in [1.807, 2.05) is 29.7 Å². The summed E-state index contributed by atoms with van der Waals surface area (Å²) in [5.41, 5.74) is 8.27. The summed E-state index contributed by atoms with van der Waals surface area (Å²) < 4.78 is 0.992. The van der Waals surface area contributed by atoms with Crippen molar-refractivity contribution < 1.29 is 5.21 Å². The predicted octanol–water partition coefficient (Wildman–Crippen LogP) is 1.39. The van der Waals surface area contributed by atoms with Crippen molar-refractivity contribution in [3.63, 3.8) is 0 Å². The van der Waals surface area contributed by atoms with Crippen molar-refractivity contribution in [3.8, 4) is 0 Å². The van der Waals surface area contributed by atoms with Crippen LogP contribution < -0.4 is 11.2 Å². The van der Waals surface area contributed by atoms with E-state index in [9.17, 15) is 0 Å². The molecule has 4 N–H and O–H groups in total. The number of halogens is 1. The van der Waals surface area contributed by atoms with Gasteiger partial charge in [-0.1, -0.05) is 28.1 Å². The van der Waals surface area contributed by atoms with E-state index in [1.54, 1.807) is 0 Å². The van der Waals surface area contributed by atoms with Gasteiger partial charge in [0.1, 0.15) is 6.17 Å². The fourth-order valence-corrected chi connectivity index (χ4v) is 1.01. The zero-order valence-corrected chi connectivity index (χ0v) is 7.38. The highest BCUT2D eigenvalue weighted by Gasteiger charge is 2.01. The molecule has 4 heteroatoms. The van der Waals surface area contributed by atoms with Crippen LogP contribution in [0, 0.1) is 0 Å². The Morgan fingerprint density at radius 3 is 2.36 bits per heavy atom. The Morgan fingerprint density at radius 1 is 1.36 bits per heavy atom. The smallest absolute Gasteiger partial charge is 0.104 e. The topological polar surface area (TPSA) is 58.3 Å². The second kappa shape index (κ2) is 3.82. The minimum Gasteiger partial charge on any atom is -0.315 e. The Bertz CT molecular complexity index is 224. The lowest BCUT2D eigenvalue weighted by atomic mass is 10.2. The maximum atomic E-state index is 8.47. The third-order valence-corrected chi connectivity index (χ3v) is 1.90. The Labute approximate surface area is 73.3 Å². The molecule has 1 atom stereocenters. The van der Waals surface area contributed by atoms with Gasteiger partial charge < -0.3 is 10.9 Å². The second-order valence-corrected chi connectivity index (χ2v) is 3.07. The number of nitrogens with one attached hydrogen (secondary N) is 1. The quantitative estimate of drug-likeness (QED) is 0.518. The summed E-state index contributed by atoms with van der Waals surface area (Å²) in [6.07, 6.45) is -0.511. The van der Waals surface area contributed by atoms with Gasteiger partial charge in [0.05, 0.1) is 0 Å². The number of hydroxylamine groups is 1. The number of rotatable bonds is 2. The summed E-state index contributed by atoms with van der Waals surface area (Å²) in [4.78, 5) is 0. The summed E-state index contributed by atoms with van der Waals surface area (Å²) in [6, 6.07) is 7.40. The molecule has 0 bridgehead atoms. The Balaban J connectivity index is 2.81. The van der Waals surface area contributed by atoms with Crippen LogP contribution in [0.3, 0.4) is 0 Å². The minimum absolute atomic E-state index is 0.511. The molecule has 1 aromatic carbocycles. The summed E-state index contributed by atoms with van der Waals surface area (Å²) in [7, 11) is 0. The molecule has 3 nitrogen and oxygen atoms in total. The average Bonchev–Trinajstić information content (AvgIpc) is 2.05. The number of hydrogen-bond donors (Lipinski definition) is 3. The van der Waals surface area contributed by atoms with Crippen LogP contribution in [0.2, 0.25) is 0 Å². The van der Waals surface area contributed by atoms with Gasteiger partial charge in [0.15, 0.2) is 0 Å². The molecule has 0 saturated carbocycles.